The van der Waals surface area contributed by atoms with Crippen LogP contribution in [0.4, 0.5) is 0 Å². The second-order valence-corrected chi connectivity index (χ2v) is 9.05. The number of hydrogen-bond donors (Lipinski definition) is 1. The lowest BCUT2D eigenvalue weighted by Gasteiger charge is -2.40. The summed E-state index contributed by atoms with van der Waals surface area (Å²) in [5, 5.41) is 1.36. The molecule has 4 heteroatoms. The van der Waals surface area contributed by atoms with Gasteiger partial charge in [-0.3, -0.25) is 4.90 Å². The van der Waals surface area contributed by atoms with Crippen LogP contribution in [0.2, 0.25) is 0 Å². The topological polar surface area (TPSA) is 37.5 Å². The minimum Gasteiger partial charge on any atom is -0.493 e. The molecule has 0 bridgehead atoms. The maximum atomic E-state index is 6.29. The Labute approximate surface area is 188 Å². The number of aryl methyl sites for hydroxylation is 1. The Morgan fingerprint density at radius 3 is 2.81 bits per heavy atom. The van der Waals surface area contributed by atoms with E-state index in [-0.39, 0.29) is 0 Å². The van der Waals surface area contributed by atoms with Crippen LogP contribution < -0.4 is 9.47 Å². The molecule has 162 valence electrons. The van der Waals surface area contributed by atoms with Crippen molar-refractivity contribution in [2.45, 2.75) is 39.0 Å². The molecule has 1 atom stereocenters. The minimum atomic E-state index is 0.373. The third kappa shape index (κ3) is 3.26. The van der Waals surface area contributed by atoms with Gasteiger partial charge >= 0.3 is 0 Å². The van der Waals surface area contributed by atoms with Gasteiger partial charge in [0, 0.05) is 35.7 Å². The summed E-state index contributed by atoms with van der Waals surface area (Å²) in [5.41, 5.74) is 9.27. The van der Waals surface area contributed by atoms with Crippen LogP contribution in [0.3, 0.4) is 0 Å². The average molecular weight is 425 g/mol. The number of fused-ring (bicyclic) bond motifs is 6. The Morgan fingerprint density at radius 2 is 1.94 bits per heavy atom. The van der Waals surface area contributed by atoms with Crippen molar-refractivity contribution in [3.8, 4) is 11.5 Å². The smallest absolute Gasteiger partial charge is 0.162 e. The quantitative estimate of drug-likeness (QED) is 0.455. The van der Waals surface area contributed by atoms with Crippen LogP contribution in [-0.2, 0) is 26.0 Å². The number of para-hydroxylation sites is 1. The van der Waals surface area contributed by atoms with Crippen molar-refractivity contribution in [1.29, 1.82) is 0 Å². The number of rotatable bonds is 4. The van der Waals surface area contributed by atoms with E-state index >= 15 is 0 Å². The predicted molar refractivity (Wildman–Crippen MR) is 127 cm³/mol. The van der Waals surface area contributed by atoms with Crippen molar-refractivity contribution >= 4 is 10.9 Å². The maximum Gasteiger partial charge on any atom is 0.162 e. The Morgan fingerprint density at radius 1 is 1.03 bits per heavy atom. The molecule has 1 unspecified atom stereocenters. The molecular weight excluding hydrogens is 396 g/mol. The number of benzene rings is 3. The molecular formula is C28H28N2O2. The monoisotopic (exact) mass is 424 g/mol. The van der Waals surface area contributed by atoms with Gasteiger partial charge in [0.25, 0.3) is 0 Å². The van der Waals surface area contributed by atoms with Crippen LogP contribution in [0.25, 0.3) is 10.9 Å². The minimum absolute atomic E-state index is 0.373. The first-order chi connectivity index (χ1) is 15.7. The zero-order chi connectivity index (χ0) is 21.7. The zero-order valence-electron chi connectivity index (χ0n) is 18.7. The van der Waals surface area contributed by atoms with E-state index in [1.165, 1.54) is 44.4 Å². The highest BCUT2D eigenvalue weighted by atomic mass is 16.5. The number of nitrogens with one attached hydrogen (secondary N) is 1. The van der Waals surface area contributed by atoms with Crippen LogP contribution in [-0.4, -0.2) is 23.5 Å². The first-order valence-corrected chi connectivity index (χ1v) is 11.4. The molecule has 0 aliphatic carbocycles. The van der Waals surface area contributed by atoms with Gasteiger partial charge in [0.05, 0.1) is 7.11 Å². The van der Waals surface area contributed by atoms with Crippen molar-refractivity contribution in [2.75, 3.05) is 13.7 Å². The van der Waals surface area contributed by atoms with E-state index in [4.69, 9.17) is 9.47 Å². The molecule has 0 radical (unpaired) electrons. The van der Waals surface area contributed by atoms with E-state index < -0.39 is 0 Å². The molecule has 4 aromatic rings. The number of hydrogen-bond acceptors (Lipinski definition) is 3. The van der Waals surface area contributed by atoms with E-state index in [0.29, 0.717) is 12.6 Å². The van der Waals surface area contributed by atoms with Crippen LogP contribution >= 0.6 is 0 Å². The van der Waals surface area contributed by atoms with Crippen molar-refractivity contribution in [1.82, 2.24) is 9.88 Å². The fourth-order valence-corrected chi connectivity index (χ4v) is 5.45. The molecule has 0 amide bonds. The number of nitrogens with zero attached hydrogens (tertiary/aromatic N) is 1. The highest BCUT2D eigenvalue weighted by molar-refractivity contribution is 5.85. The fourth-order valence-electron chi connectivity index (χ4n) is 5.45. The molecule has 2 aliphatic rings. The van der Waals surface area contributed by atoms with Crippen LogP contribution in [0.1, 0.15) is 39.6 Å². The van der Waals surface area contributed by atoms with Crippen LogP contribution in [0.15, 0.2) is 60.7 Å². The molecule has 0 saturated heterocycles. The van der Waals surface area contributed by atoms with Crippen LogP contribution in [0, 0.1) is 6.92 Å². The molecule has 0 fully saturated rings. The van der Waals surface area contributed by atoms with E-state index in [1.54, 1.807) is 7.11 Å². The van der Waals surface area contributed by atoms with Crippen molar-refractivity contribution in [2.24, 2.45) is 0 Å². The van der Waals surface area contributed by atoms with Gasteiger partial charge in [0.2, 0.25) is 0 Å². The van der Waals surface area contributed by atoms with Gasteiger partial charge < -0.3 is 14.5 Å². The Bertz CT molecular complexity index is 1310. The summed E-state index contributed by atoms with van der Waals surface area (Å²) in [6, 6.07) is 22.0. The van der Waals surface area contributed by atoms with E-state index in [0.717, 1.165) is 37.4 Å². The number of methoxy groups -OCH3 is 1. The van der Waals surface area contributed by atoms with Gasteiger partial charge in [-0.05, 0) is 60.2 Å². The highest BCUT2D eigenvalue weighted by Gasteiger charge is 2.34. The summed E-state index contributed by atoms with van der Waals surface area (Å²) < 4.78 is 12.0. The largest absolute Gasteiger partial charge is 0.493 e. The summed E-state index contributed by atoms with van der Waals surface area (Å²) in [7, 11) is 1.73. The van der Waals surface area contributed by atoms with Gasteiger partial charge in [-0.25, -0.2) is 0 Å². The summed E-state index contributed by atoms with van der Waals surface area (Å²) in [5.74, 6) is 1.66. The fraction of sp³-hybridized carbons (Fsp3) is 0.286. The lowest BCUT2D eigenvalue weighted by atomic mass is 9.85. The van der Waals surface area contributed by atoms with Crippen molar-refractivity contribution in [3.63, 3.8) is 0 Å². The first kappa shape index (κ1) is 19.4. The van der Waals surface area contributed by atoms with Crippen molar-refractivity contribution in [3.05, 3.63) is 94.2 Å². The van der Waals surface area contributed by atoms with Gasteiger partial charge in [-0.15, -0.1) is 0 Å². The summed E-state index contributed by atoms with van der Waals surface area (Å²) in [6.07, 6.45) is 2.06. The van der Waals surface area contributed by atoms with Crippen LogP contribution in [0.5, 0.6) is 11.5 Å². The molecule has 6 rings (SSSR count). The lowest BCUT2D eigenvalue weighted by Crippen LogP contribution is -2.39. The average Bonchev–Trinajstić information content (AvgIpc) is 3.18. The first-order valence-electron chi connectivity index (χ1n) is 11.4. The third-order valence-electron chi connectivity index (χ3n) is 7.03. The second kappa shape index (κ2) is 7.72. The Hall–Kier alpha value is -3.24. The molecule has 1 N–H and O–H groups in total. The molecule has 4 nitrogen and oxygen atoms in total. The van der Waals surface area contributed by atoms with E-state index in [1.807, 2.05) is 0 Å². The normalized spacial score (nSPS) is 17.5. The highest BCUT2D eigenvalue weighted by Crippen LogP contribution is 2.43. The SMILES string of the molecule is COc1cc2c(cc1OCc1cccc(C)c1)C1Cc3c([nH]c4ccccc34)CN1CC2. The lowest BCUT2D eigenvalue weighted by molar-refractivity contribution is 0.158. The molecule has 0 saturated carbocycles. The summed E-state index contributed by atoms with van der Waals surface area (Å²) in [4.78, 5) is 6.27. The summed E-state index contributed by atoms with van der Waals surface area (Å²) >= 11 is 0. The Kier molecular flexibility index (Phi) is 4.69. The molecule has 1 aromatic heterocycles. The van der Waals surface area contributed by atoms with Crippen molar-refractivity contribution < 1.29 is 9.47 Å². The molecule has 32 heavy (non-hydrogen) atoms. The molecule has 3 heterocycles. The third-order valence-corrected chi connectivity index (χ3v) is 7.03. The van der Waals surface area contributed by atoms with Gasteiger partial charge in [0.1, 0.15) is 6.61 Å². The van der Waals surface area contributed by atoms with Gasteiger partial charge in [-0.2, -0.15) is 0 Å². The predicted octanol–water partition coefficient (Wildman–Crippen LogP) is 5.72. The zero-order valence-corrected chi connectivity index (χ0v) is 18.7. The standard InChI is InChI=1S/C28H28N2O2/c1-18-6-5-7-19(12-18)17-32-28-15-22-20(13-27(28)31-2)10-11-30-16-25-23(14-26(22)30)21-8-3-4-9-24(21)29-25/h3-9,12-13,15,26,29H,10-11,14,16-17H2,1-2H3. The van der Waals surface area contributed by atoms with E-state index in [9.17, 15) is 0 Å². The second-order valence-electron chi connectivity index (χ2n) is 9.05. The van der Waals surface area contributed by atoms with E-state index in [2.05, 4.69) is 77.5 Å². The Balaban J connectivity index is 1.35. The van der Waals surface area contributed by atoms with Gasteiger partial charge in [0.15, 0.2) is 11.5 Å². The number of H-pyrrole nitrogens is 1. The number of aromatic nitrogens is 1. The number of aromatic amines is 1. The summed E-state index contributed by atoms with van der Waals surface area (Å²) in [6.45, 7) is 4.69. The molecule has 3 aromatic carbocycles. The van der Waals surface area contributed by atoms with Gasteiger partial charge in [-0.1, -0.05) is 48.0 Å². The maximum absolute atomic E-state index is 6.29. The molecule has 2 aliphatic heterocycles. The number of ether oxygens (including phenoxy) is 2. The molecule has 0 spiro atoms.